The molecule has 1 aliphatic carbocycles. The highest BCUT2D eigenvalue weighted by atomic mass is 16.4. The summed E-state index contributed by atoms with van der Waals surface area (Å²) in [7, 11) is 0. The summed E-state index contributed by atoms with van der Waals surface area (Å²) < 4.78 is 0. The second kappa shape index (κ2) is 9.34. The van der Waals surface area contributed by atoms with E-state index in [1.165, 1.54) is 24.3 Å². The van der Waals surface area contributed by atoms with Crippen LogP contribution in [0.25, 0.3) is 39.0 Å². The van der Waals surface area contributed by atoms with Crippen molar-refractivity contribution in [2.45, 2.75) is 0 Å². The van der Waals surface area contributed by atoms with Crippen LogP contribution in [0.4, 0.5) is 0 Å². The van der Waals surface area contributed by atoms with Gasteiger partial charge in [0, 0.05) is 5.56 Å². The van der Waals surface area contributed by atoms with Crippen molar-refractivity contribution in [2.75, 3.05) is 0 Å². The van der Waals surface area contributed by atoms with Gasteiger partial charge in [-0.1, -0.05) is 42.5 Å². The molecule has 4 aromatic rings. The Bertz CT molecular complexity index is 1770. The largest absolute Gasteiger partial charge is 0.478 e. The number of nitriles is 2. The van der Waals surface area contributed by atoms with Gasteiger partial charge in [-0.3, -0.25) is 4.79 Å². The summed E-state index contributed by atoms with van der Waals surface area (Å²) in [5.41, 5.74) is 5.10. The van der Waals surface area contributed by atoms with Crippen LogP contribution in [0.2, 0.25) is 0 Å². The van der Waals surface area contributed by atoms with Gasteiger partial charge in [0.15, 0.2) is 5.78 Å². The fourth-order valence-electron chi connectivity index (χ4n) is 4.56. The fraction of sp³-hybridized carbons (Fsp3) is 0. The molecule has 0 spiro atoms. The number of nitrogens with zero attached hydrogens (tertiary/aromatic N) is 2. The van der Waals surface area contributed by atoms with Crippen LogP contribution in [0, 0.1) is 22.7 Å². The van der Waals surface area contributed by atoms with E-state index in [1.54, 1.807) is 48.5 Å². The Labute approximate surface area is 216 Å². The van der Waals surface area contributed by atoms with Crippen LogP contribution in [0.15, 0.2) is 90.5 Å². The molecule has 0 atom stereocenters. The molecule has 7 nitrogen and oxygen atoms in total. The highest BCUT2D eigenvalue weighted by Gasteiger charge is 2.30. The van der Waals surface area contributed by atoms with Gasteiger partial charge < -0.3 is 10.2 Å². The van der Waals surface area contributed by atoms with Crippen LogP contribution < -0.4 is 0 Å². The Morgan fingerprint density at radius 1 is 0.553 bits per heavy atom. The first-order chi connectivity index (χ1) is 18.3. The van der Waals surface area contributed by atoms with Crippen molar-refractivity contribution >= 4 is 23.3 Å². The summed E-state index contributed by atoms with van der Waals surface area (Å²) in [5.74, 6) is -2.50. The van der Waals surface area contributed by atoms with Gasteiger partial charge in [0.1, 0.15) is 17.7 Å². The van der Waals surface area contributed by atoms with Gasteiger partial charge >= 0.3 is 11.9 Å². The monoisotopic (exact) mass is 496 g/mol. The van der Waals surface area contributed by atoms with Crippen molar-refractivity contribution < 1.29 is 24.6 Å². The summed E-state index contributed by atoms with van der Waals surface area (Å²) in [6.07, 6.45) is 0. The third kappa shape index (κ3) is 4.01. The average Bonchev–Trinajstić information content (AvgIpc) is 2.95. The molecule has 1 aliphatic rings. The Hall–Kier alpha value is -5.79. The third-order valence-electron chi connectivity index (χ3n) is 6.47. The quantitative estimate of drug-likeness (QED) is 0.258. The van der Waals surface area contributed by atoms with E-state index in [-0.39, 0.29) is 22.3 Å². The molecular formula is C31H16N2O5. The van der Waals surface area contributed by atoms with Crippen LogP contribution >= 0.6 is 0 Å². The fourth-order valence-corrected chi connectivity index (χ4v) is 4.56. The van der Waals surface area contributed by atoms with Crippen LogP contribution in [0.5, 0.6) is 0 Å². The van der Waals surface area contributed by atoms with Crippen molar-refractivity contribution in [3.05, 3.63) is 113 Å². The molecule has 0 unspecified atom stereocenters. The highest BCUT2D eigenvalue weighted by molar-refractivity contribution is 6.36. The molecule has 0 bridgehead atoms. The molecule has 2 N–H and O–H groups in total. The molecular weight excluding hydrogens is 480 g/mol. The second-order valence-electron chi connectivity index (χ2n) is 8.59. The van der Waals surface area contributed by atoms with Crippen LogP contribution in [-0.4, -0.2) is 27.9 Å². The summed E-state index contributed by atoms with van der Waals surface area (Å²) in [5, 5.41) is 37.5. The number of hydrogen-bond donors (Lipinski definition) is 2. The minimum atomic E-state index is -1.03. The normalized spacial score (nSPS) is 11.5. The van der Waals surface area contributed by atoms with E-state index in [0.29, 0.717) is 22.3 Å². The first-order valence-corrected chi connectivity index (χ1v) is 11.4. The van der Waals surface area contributed by atoms with Gasteiger partial charge in [0.25, 0.3) is 0 Å². The van der Waals surface area contributed by atoms with Gasteiger partial charge in [0.2, 0.25) is 0 Å². The number of aromatic carboxylic acids is 2. The van der Waals surface area contributed by atoms with E-state index in [1.807, 2.05) is 24.3 Å². The average molecular weight is 496 g/mol. The standard InChI is InChI=1S/C31H16N2O5/c32-15-23(16-33)28-24-11-9-21(17-1-5-19(6-2-17)30(35)36)13-26(24)27-14-22(10-12-25(27)29(28)34)18-3-7-20(8-4-18)31(37)38/h1-14H,(H,35,36)(H,37,38). The van der Waals surface area contributed by atoms with Crippen LogP contribution in [0.3, 0.4) is 0 Å². The van der Waals surface area contributed by atoms with E-state index in [4.69, 9.17) is 0 Å². The lowest BCUT2D eigenvalue weighted by Gasteiger charge is -2.23. The number of hydrogen-bond acceptors (Lipinski definition) is 5. The molecule has 0 aliphatic heterocycles. The Morgan fingerprint density at radius 3 is 1.37 bits per heavy atom. The lowest BCUT2D eigenvalue weighted by Crippen LogP contribution is -2.13. The number of benzene rings is 4. The molecule has 0 radical (unpaired) electrons. The number of ketones is 1. The number of carboxylic acid groups (broad SMARTS) is 2. The minimum absolute atomic E-state index is 0.0313. The predicted molar refractivity (Wildman–Crippen MR) is 139 cm³/mol. The SMILES string of the molecule is N#CC(C#N)=C1C(=O)c2ccc(-c3ccc(C(=O)O)cc3)cc2-c2cc(-c3ccc(C(=O)O)cc3)ccc21. The van der Waals surface area contributed by atoms with Crippen molar-refractivity contribution in [3.8, 4) is 45.5 Å². The smallest absolute Gasteiger partial charge is 0.335 e. The number of allylic oxidation sites excluding steroid dienone is 2. The van der Waals surface area contributed by atoms with Gasteiger partial charge in [-0.05, 0) is 81.4 Å². The highest BCUT2D eigenvalue weighted by Crippen LogP contribution is 2.43. The Kier molecular flexibility index (Phi) is 5.88. The van der Waals surface area contributed by atoms with Gasteiger partial charge in [0.05, 0.1) is 16.7 Å². The topological polar surface area (TPSA) is 139 Å². The zero-order valence-corrected chi connectivity index (χ0v) is 19.6. The summed E-state index contributed by atoms with van der Waals surface area (Å²) in [4.78, 5) is 36.0. The molecule has 38 heavy (non-hydrogen) atoms. The number of rotatable bonds is 4. The molecule has 180 valence electrons. The van der Waals surface area contributed by atoms with Gasteiger partial charge in [-0.25, -0.2) is 9.59 Å². The number of carbonyl (C=O) groups excluding carboxylic acids is 1. The lowest BCUT2D eigenvalue weighted by molar-refractivity contribution is 0.0686. The molecule has 7 heteroatoms. The zero-order valence-electron chi connectivity index (χ0n) is 19.6. The molecule has 0 saturated carbocycles. The molecule has 0 fully saturated rings. The van der Waals surface area contributed by atoms with Gasteiger partial charge in [-0.2, -0.15) is 10.5 Å². The first kappa shape index (κ1) is 23.9. The first-order valence-electron chi connectivity index (χ1n) is 11.4. The minimum Gasteiger partial charge on any atom is -0.478 e. The maximum Gasteiger partial charge on any atom is 0.335 e. The number of carboxylic acids is 2. The van der Waals surface area contributed by atoms with Crippen molar-refractivity contribution in [1.29, 1.82) is 10.5 Å². The van der Waals surface area contributed by atoms with E-state index < -0.39 is 17.7 Å². The zero-order chi connectivity index (χ0) is 27.0. The van der Waals surface area contributed by atoms with Crippen molar-refractivity contribution in [3.63, 3.8) is 0 Å². The third-order valence-corrected chi connectivity index (χ3v) is 6.47. The molecule has 0 aromatic heterocycles. The maximum absolute atomic E-state index is 13.5. The maximum atomic E-state index is 13.5. The number of carbonyl (C=O) groups is 3. The second-order valence-corrected chi connectivity index (χ2v) is 8.59. The predicted octanol–water partition coefficient (Wildman–Crippen LogP) is 6.08. The summed E-state index contributed by atoms with van der Waals surface area (Å²) in [6, 6.07) is 26.9. The van der Waals surface area contributed by atoms with E-state index in [2.05, 4.69) is 0 Å². The Morgan fingerprint density at radius 2 is 0.947 bits per heavy atom. The summed E-state index contributed by atoms with van der Waals surface area (Å²) in [6.45, 7) is 0. The van der Waals surface area contributed by atoms with Crippen LogP contribution in [0.1, 0.15) is 36.6 Å². The van der Waals surface area contributed by atoms with Crippen LogP contribution in [-0.2, 0) is 0 Å². The summed E-state index contributed by atoms with van der Waals surface area (Å²) >= 11 is 0. The van der Waals surface area contributed by atoms with E-state index in [9.17, 15) is 35.1 Å². The Balaban J connectivity index is 1.72. The number of fused-ring (bicyclic) bond motifs is 3. The molecule has 0 saturated heterocycles. The van der Waals surface area contributed by atoms with E-state index >= 15 is 0 Å². The molecule has 0 amide bonds. The number of Topliss-reactive ketones (excluding diaryl/α,β-unsaturated/α-hetero) is 1. The van der Waals surface area contributed by atoms with Crippen molar-refractivity contribution in [1.82, 2.24) is 0 Å². The molecule has 4 aromatic carbocycles. The molecule has 5 rings (SSSR count). The lowest BCUT2D eigenvalue weighted by atomic mass is 9.78. The van der Waals surface area contributed by atoms with E-state index in [0.717, 1.165) is 22.3 Å². The van der Waals surface area contributed by atoms with Crippen molar-refractivity contribution in [2.24, 2.45) is 0 Å². The van der Waals surface area contributed by atoms with Gasteiger partial charge in [-0.15, -0.1) is 0 Å². The molecule has 0 heterocycles.